The second-order valence-corrected chi connectivity index (χ2v) is 14.8. The van der Waals surface area contributed by atoms with Gasteiger partial charge in [0.2, 0.25) is 0 Å². The third kappa shape index (κ3) is 5.45. The largest absolute Gasteiger partial charge is 0.543 e. The summed E-state index contributed by atoms with van der Waals surface area (Å²) in [7, 11) is -2.37. The number of aromatic nitrogens is 1. The molecule has 180 valence electrons. The van der Waals surface area contributed by atoms with Crippen molar-refractivity contribution in [3.63, 3.8) is 0 Å². The van der Waals surface area contributed by atoms with Crippen molar-refractivity contribution < 1.29 is 18.4 Å². The molecule has 0 spiro atoms. The van der Waals surface area contributed by atoms with Crippen molar-refractivity contribution in [2.75, 3.05) is 5.32 Å². The molecule has 2 aromatic rings. The Morgan fingerprint density at radius 3 is 2.53 bits per heavy atom. The molecule has 1 fully saturated rings. The maximum atomic E-state index is 15.1. The number of amides is 2. The average molecular weight is 483 g/mol. The minimum Gasteiger partial charge on any atom is -0.543 e. The Morgan fingerprint density at radius 1 is 1.26 bits per heavy atom. The van der Waals surface area contributed by atoms with E-state index in [1.54, 1.807) is 13.0 Å². The summed E-state index contributed by atoms with van der Waals surface area (Å²) < 4.78 is 21.7. The molecule has 0 unspecified atom stereocenters. The van der Waals surface area contributed by atoms with Gasteiger partial charge in [-0.1, -0.05) is 27.7 Å². The predicted octanol–water partition coefficient (Wildman–Crippen LogP) is 5.75. The Bertz CT molecular complexity index is 1140. The number of hydrogen-bond donors (Lipinski definition) is 2. The molecule has 7 nitrogen and oxygen atoms in total. The number of nitrogens with one attached hydrogen (secondary N) is 2. The monoisotopic (exact) mass is 482 g/mol. The van der Waals surface area contributed by atoms with Crippen LogP contribution in [0.15, 0.2) is 30.5 Å². The summed E-state index contributed by atoms with van der Waals surface area (Å²) in [6.07, 6.45) is 2.18. The molecule has 3 rings (SSSR count). The molecule has 2 amide bonds. The Hall–Kier alpha value is -3.25. The van der Waals surface area contributed by atoms with E-state index in [1.165, 1.54) is 24.4 Å². The highest BCUT2D eigenvalue weighted by molar-refractivity contribution is 6.74. The van der Waals surface area contributed by atoms with Gasteiger partial charge in [-0.3, -0.25) is 10.1 Å². The van der Waals surface area contributed by atoms with Gasteiger partial charge in [0.1, 0.15) is 23.5 Å². The lowest BCUT2D eigenvalue weighted by Gasteiger charge is -2.37. The fourth-order valence-corrected chi connectivity index (χ4v) is 4.41. The second kappa shape index (κ2) is 9.55. The first kappa shape index (κ1) is 25.4. The van der Waals surface area contributed by atoms with Crippen LogP contribution in [0, 0.1) is 17.1 Å². The van der Waals surface area contributed by atoms with Gasteiger partial charge in [0.25, 0.3) is 8.32 Å². The van der Waals surface area contributed by atoms with E-state index in [2.05, 4.69) is 49.5 Å². The Morgan fingerprint density at radius 2 is 1.97 bits per heavy atom. The van der Waals surface area contributed by atoms with Crippen molar-refractivity contribution in [2.24, 2.45) is 0 Å². The lowest BCUT2D eigenvalue weighted by atomic mass is 10.00. The molecule has 1 heterocycles. The van der Waals surface area contributed by atoms with Crippen molar-refractivity contribution in [1.29, 1.82) is 5.26 Å². The number of benzene rings is 1. The molecule has 1 aliphatic rings. The summed E-state index contributed by atoms with van der Waals surface area (Å²) in [6.45, 7) is 12.1. The highest BCUT2D eigenvalue weighted by atomic mass is 28.4. The quantitative estimate of drug-likeness (QED) is 0.386. The van der Waals surface area contributed by atoms with Gasteiger partial charge in [-0.15, -0.1) is 0 Å². The van der Waals surface area contributed by atoms with Crippen LogP contribution in [0.25, 0.3) is 0 Å². The zero-order valence-electron chi connectivity index (χ0n) is 20.5. The van der Waals surface area contributed by atoms with Gasteiger partial charge in [-0.25, -0.2) is 14.2 Å². The highest BCUT2D eigenvalue weighted by Crippen LogP contribution is 2.49. The van der Waals surface area contributed by atoms with Gasteiger partial charge < -0.3 is 9.74 Å². The van der Waals surface area contributed by atoms with Crippen molar-refractivity contribution in [1.82, 2.24) is 10.3 Å². The van der Waals surface area contributed by atoms with Gasteiger partial charge in [0.15, 0.2) is 5.78 Å². The molecule has 0 saturated heterocycles. The molecular weight excluding hydrogens is 451 g/mol. The van der Waals surface area contributed by atoms with E-state index in [0.717, 1.165) is 0 Å². The van der Waals surface area contributed by atoms with E-state index in [4.69, 9.17) is 9.69 Å². The Balaban J connectivity index is 1.84. The van der Waals surface area contributed by atoms with Gasteiger partial charge in [-0.05, 0) is 48.8 Å². The smallest absolute Gasteiger partial charge is 0.320 e. The normalized spacial score (nSPS) is 17.5. The molecule has 2 N–H and O–H groups in total. The van der Waals surface area contributed by atoms with Crippen LogP contribution in [0.4, 0.5) is 15.0 Å². The average Bonchev–Trinajstić information content (AvgIpc) is 3.51. The first-order valence-corrected chi connectivity index (χ1v) is 14.3. The predicted molar refractivity (Wildman–Crippen MR) is 131 cm³/mol. The number of Topliss-reactive ketones (excluding diaryl/α,β-unsaturated/α-hetero) is 1. The summed E-state index contributed by atoms with van der Waals surface area (Å²) in [5.41, 5.74) is 1.13. The van der Waals surface area contributed by atoms with E-state index < -0.39 is 20.2 Å². The number of carbonyl (C=O) groups is 2. The Labute approximate surface area is 200 Å². The van der Waals surface area contributed by atoms with E-state index >= 15 is 4.39 Å². The van der Waals surface area contributed by atoms with Crippen LogP contribution >= 0.6 is 0 Å². The van der Waals surface area contributed by atoms with Gasteiger partial charge in [0.05, 0.1) is 11.1 Å². The van der Waals surface area contributed by atoms with Crippen molar-refractivity contribution in [3.8, 4) is 11.8 Å². The number of urea groups is 1. The number of rotatable bonds is 7. The zero-order chi connectivity index (χ0) is 25.3. The SMILES string of the molecule is CCC(=O)c1ccc(F)c([C@@H]2C[C@@H]2NC(=O)Nc2ccc(C#N)cn2)c1O[Si](C)(C)C(C)(C)C. The van der Waals surface area contributed by atoms with Crippen LogP contribution in [0.1, 0.15) is 67.9 Å². The number of nitrogens with zero attached hydrogens (tertiary/aromatic N) is 2. The van der Waals surface area contributed by atoms with Crippen LogP contribution in [0.2, 0.25) is 18.1 Å². The van der Waals surface area contributed by atoms with E-state index in [-0.39, 0.29) is 29.2 Å². The third-order valence-corrected chi connectivity index (χ3v) is 10.9. The summed E-state index contributed by atoms with van der Waals surface area (Å²) in [5, 5.41) is 14.2. The number of pyridine rings is 1. The molecule has 34 heavy (non-hydrogen) atoms. The van der Waals surface area contributed by atoms with Crippen LogP contribution < -0.4 is 15.1 Å². The number of nitriles is 1. The summed E-state index contributed by atoms with van der Waals surface area (Å²) in [6, 6.07) is 7.09. The topological polar surface area (TPSA) is 104 Å². The van der Waals surface area contributed by atoms with E-state index in [9.17, 15) is 9.59 Å². The number of hydrogen-bond acceptors (Lipinski definition) is 5. The molecule has 1 aliphatic carbocycles. The van der Waals surface area contributed by atoms with E-state index in [1.807, 2.05) is 6.07 Å². The van der Waals surface area contributed by atoms with Crippen molar-refractivity contribution in [3.05, 3.63) is 53.0 Å². The van der Waals surface area contributed by atoms with Gasteiger partial charge in [0, 0.05) is 30.1 Å². The lowest BCUT2D eigenvalue weighted by molar-refractivity contribution is 0.0986. The van der Waals surface area contributed by atoms with Gasteiger partial charge >= 0.3 is 6.03 Å². The molecule has 1 aromatic carbocycles. The van der Waals surface area contributed by atoms with Crippen LogP contribution in [0.5, 0.6) is 5.75 Å². The first-order valence-electron chi connectivity index (χ1n) is 11.4. The fraction of sp³-hybridized carbons (Fsp3) is 0.440. The number of halogens is 1. The van der Waals surface area contributed by atoms with Gasteiger partial charge in [-0.2, -0.15) is 5.26 Å². The van der Waals surface area contributed by atoms with E-state index in [0.29, 0.717) is 34.7 Å². The standard InChI is InChI=1S/C25H31FN4O3Si/c1-7-20(31)16-9-10-18(26)22(23(16)33-34(5,6)25(2,3)4)17-12-19(17)29-24(32)30-21-11-8-15(13-27)14-28-21/h8-11,14,17,19H,7,12H2,1-6H3,(H2,28,29,30,32)/t17-,19+/m1/s1. The fourth-order valence-electron chi connectivity index (χ4n) is 3.38. The minimum atomic E-state index is -2.37. The summed E-state index contributed by atoms with van der Waals surface area (Å²) in [5.74, 6) is -0.224. The number of ketones is 1. The molecule has 9 heteroatoms. The summed E-state index contributed by atoms with van der Waals surface area (Å²) in [4.78, 5) is 29.2. The highest BCUT2D eigenvalue weighted by Gasteiger charge is 2.46. The van der Waals surface area contributed by atoms with Crippen LogP contribution in [0.3, 0.4) is 0 Å². The molecule has 0 radical (unpaired) electrons. The van der Waals surface area contributed by atoms with Crippen LogP contribution in [-0.4, -0.2) is 31.2 Å². The molecular formula is C25H31FN4O3Si. The summed E-state index contributed by atoms with van der Waals surface area (Å²) >= 11 is 0. The molecule has 1 saturated carbocycles. The molecule has 0 aliphatic heterocycles. The van der Waals surface area contributed by atoms with Crippen LogP contribution in [-0.2, 0) is 0 Å². The second-order valence-electron chi connectivity index (χ2n) is 10.1. The number of anilines is 1. The zero-order valence-corrected chi connectivity index (χ0v) is 21.5. The lowest BCUT2D eigenvalue weighted by Crippen LogP contribution is -2.44. The maximum Gasteiger partial charge on any atom is 0.320 e. The molecule has 2 atom stereocenters. The first-order chi connectivity index (χ1) is 15.9. The minimum absolute atomic E-state index is 0.107. The molecule has 1 aromatic heterocycles. The maximum absolute atomic E-state index is 15.1. The Kier molecular flexibility index (Phi) is 7.12. The third-order valence-electron chi connectivity index (χ3n) is 6.54. The van der Waals surface area contributed by atoms with Crippen molar-refractivity contribution in [2.45, 2.75) is 70.6 Å². The van der Waals surface area contributed by atoms with Crippen molar-refractivity contribution >= 4 is 25.9 Å². The number of carbonyl (C=O) groups excluding carboxylic acids is 2. The molecule has 0 bridgehead atoms.